The average molecular weight is 314 g/mol. The van der Waals surface area contributed by atoms with Crippen LogP contribution in [0.15, 0.2) is 18.2 Å². The molecule has 1 aromatic rings. The van der Waals surface area contributed by atoms with E-state index in [0.29, 0.717) is 18.9 Å². The smallest absolute Gasteiger partial charge is 0.240 e. The van der Waals surface area contributed by atoms with Crippen molar-refractivity contribution >= 4 is 17.5 Å². The number of hydrogen-bond donors (Lipinski definition) is 0. The Morgan fingerprint density at radius 1 is 1.38 bits per heavy atom. The van der Waals surface area contributed by atoms with Crippen LogP contribution in [0.1, 0.15) is 32.3 Å². The van der Waals surface area contributed by atoms with Crippen LogP contribution in [0.4, 0.5) is 0 Å². The van der Waals surface area contributed by atoms with E-state index in [4.69, 9.17) is 21.1 Å². The number of nitrogens with zero attached hydrogens (tertiary/aromatic N) is 1. The van der Waals surface area contributed by atoms with Gasteiger partial charge in [-0.1, -0.05) is 19.4 Å². The molecule has 0 saturated carbocycles. The lowest BCUT2D eigenvalue weighted by Gasteiger charge is -2.19. The van der Waals surface area contributed by atoms with E-state index < -0.39 is 5.38 Å². The van der Waals surface area contributed by atoms with E-state index in [1.54, 1.807) is 26.0 Å². The molecule has 0 saturated heterocycles. The molecule has 0 spiro atoms. The van der Waals surface area contributed by atoms with Gasteiger partial charge in [0, 0.05) is 13.6 Å². The van der Waals surface area contributed by atoms with Crippen LogP contribution in [0.5, 0.6) is 11.5 Å². The van der Waals surface area contributed by atoms with Crippen LogP contribution < -0.4 is 9.47 Å². The number of unbranched alkanes of at least 4 members (excludes halogenated alkanes) is 1. The summed E-state index contributed by atoms with van der Waals surface area (Å²) in [5, 5.41) is -0.520. The molecule has 0 bridgehead atoms. The number of rotatable bonds is 8. The summed E-state index contributed by atoms with van der Waals surface area (Å²) in [6, 6.07) is 5.71. The number of carbonyl (C=O) groups is 1. The minimum absolute atomic E-state index is 0.0982. The number of amides is 1. The van der Waals surface area contributed by atoms with Crippen LogP contribution in [0.2, 0.25) is 0 Å². The maximum atomic E-state index is 11.8. The Labute approximate surface area is 132 Å². The number of alkyl halides is 1. The minimum Gasteiger partial charge on any atom is -0.493 e. The Morgan fingerprint density at radius 2 is 2.10 bits per heavy atom. The van der Waals surface area contributed by atoms with E-state index in [1.807, 2.05) is 18.2 Å². The molecule has 0 heterocycles. The summed E-state index contributed by atoms with van der Waals surface area (Å²) >= 11 is 5.81. The standard InChI is InChI=1S/C16H24ClNO3/c1-5-6-9-21-14-8-7-13(10-15(14)20-4)11-18(3)16(19)12(2)17/h7-8,10,12H,5-6,9,11H2,1-4H3. The van der Waals surface area contributed by atoms with Gasteiger partial charge in [0.15, 0.2) is 11.5 Å². The van der Waals surface area contributed by atoms with Crippen LogP contribution in [-0.4, -0.2) is 36.9 Å². The van der Waals surface area contributed by atoms with Crippen molar-refractivity contribution in [3.05, 3.63) is 23.8 Å². The first-order valence-corrected chi connectivity index (χ1v) is 7.62. The largest absolute Gasteiger partial charge is 0.493 e. The molecule has 0 N–H and O–H groups in total. The van der Waals surface area contributed by atoms with Crippen LogP contribution in [-0.2, 0) is 11.3 Å². The van der Waals surface area contributed by atoms with Crippen molar-refractivity contribution in [3.8, 4) is 11.5 Å². The van der Waals surface area contributed by atoms with E-state index >= 15 is 0 Å². The predicted molar refractivity (Wildman–Crippen MR) is 85.2 cm³/mol. The Kier molecular flexibility index (Phi) is 7.37. The highest BCUT2D eigenvalue weighted by atomic mass is 35.5. The van der Waals surface area contributed by atoms with Gasteiger partial charge in [0.2, 0.25) is 5.91 Å². The zero-order valence-electron chi connectivity index (χ0n) is 13.2. The van der Waals surface area contributed by atoms with Crippen LogP contribution >= 0.6 is 11.6 Å². The van der Waals surface area contributed by atoms with Crippen molar-refractivity contribution in [1.82, 2.24) is 4.90 Å². The lowest BCUT2D eigenvalue weighted by molar-refractivity contribution is -0.129. The summed E-state index contributed by atoms with van der Waals surface area (Å²) in [5.41, 5.74) is 0.975. The molecule has 5 heteroatoms. The number of ether oxygens (including phenoxy) is 2. The van der Waals surface area contributed by atoms with Gasteiger partial charge in [0.25, 0.3) is 0 Å². The third-order valence-corrected chi connectivity index (χ3v) is 3.31. The second-order valence-electron chi connectivity index (χ2n) is 5.00. The van der Waals surface area contributed by atoms with Gasteiger partial charge >= 0.3 is 0 Å². The van der Waals surface area contributed by atoms with E-state index in [9.17, 15) is 4.79 Å². The highest BCUT2D eigenvalue weighted by molar-refractivity contribution is 6.30. The summed E-state index contributed by atoms with van der Waals surface area (Å²) in [7, 11) is 3.35. The van der Waals surface area contributed by atoms with E-state index in [2.05, 4.69) is 6.92 Å². The number of methoxy groups -OCH3 is 1. The van der Waals surface area contributed by atoms with Crippen molar-refractivity contribution in [2.45, 2.75) is 38.6 Å². The lowest BCUT2D eigenvalue weighted by Crippen LogP contribution is -2.31. The molecular formula is C16H24ClNO3. The van der Waals surface area contributed by atoms with Gasteiger partial charge in [-0.05, 0) is 31.0 Å². The minimum atomic E-state index is -0.520. The molecule has 21 heavy (non-hydrogen) atoms. The molecule has 0 aliphatic rings. The fraction of sp³-hybridized carbons (Fsp3) is 0.562. The van der Waals surface area contributed by atoms with E-state index in [0.717, 1.165) is 24.2 Å². The van der Waals surface area contributed by atoms with Gasteiger partial charge in [0.1, 0.15) is 5.38 Å². The topological polar surface area (TPSA) is 38.8 Å². The molecular weight excluding hydrogens is 290 g/mol. The molecule has 0 aromatic heterocycles. The second-order valence-corrected chi connectivity index (χ2v) is 5.65. The molecule has 4 nitrogen and oxygen atoms in total. The van der Waals surface area contributed by atoms with Crippen LogP contribution in [0, 0.1) is 0 Å². The first-order valence-electron chi connectivity index (χ1n) is 7.18. The summed E-state index contributed by atoms with van der Waals surface area (Å²) in [5.74, 6) is 1.32. The molecule has 1 rings (SSSR count). The van der Waals surface area contributed by atoms with Crippen LogP contribution in [0.25, 0.3) is 0 Å². The Hall–Kier alpha value is -1.42. The average Bonchev–Trinajstić information content (AvgIpc) is 2.47. The summed E-state index contributed by atoms with van der Waals surface area (Å²) in [6.07, 6.45) is 2.10. The van der Waals surface area contributed by atoms with Gasteiger partial charge in [-0.3, -0.25) is 4.79 Å². The van der Waals surface area contributed by atoms with Gasteiger partial charge in [0.05, 0.1) is 13.7 Å². The van der Waals surface area contributed by atoms with Crippen molar-refractivity contribution in [2.24, 2.45) is 0 Å². The van der Waals surface area contributed by atoms with Gasteiger partial charge < -0.3 is 14.4 Å². The maximum Gasteiger partial charge on any atom is 0.240 e. The molecule has 0 aliphatic heterocycles. The zero-order chi connectivity index (χ0) is 15.8. The second kappa shape index (κ2) is 8.78. The first kappa shape index (κ1) is 17.6. The van der Waals surface area contributed by atoms with Crippen molar-refractivity contribution < 1.29 is 14.3 Å². The Balaban J connectivity index is 2.75. The van der Waals surface area contributed by atoms with Gasteiger partial charge in [-0.2, -0.15) is 0 Å². The molecule has 0 radical (unpaired) electrons. The summed E-state index contributed by atoms with van der Waals surface area (Å²) in [4.78, 5) is 13.4. The number of halogens is 1. The fourth-order valence-corrected chi connectivity index (χ4v) is 2.08. The molecule has 1 amide bonds. The molecule has 0 fully saturated rings. The molecule has 1 atom stereocenters. The van der Waals surface area contributed by atoms with Gasteiger partial charge in [-0.25, -0.2) is 0 Å². The van der Waals surface area contributed by atoms with E-state index in [-0.39, 0.29) is 5.91 Å². The number of benzene rings is 1. The van der Waals surface area contributed by atoms with Crippen molar-refractivity contribution in [1.29, 1.82) is 0 Å². The summed E-state index contributed by atoms with van der Waals surface area (Å²) < 4.78 is 11.0. The maximum absolute atomic E-state index is 11.8. The Bertz CT molecular complexity index is 463. The molecule has 1 aromatic carbocycles. The molecule has 1 unspecified atom stereocenters. The third-order valence-electron chi connectivity index (χ3n) is 3.12. The summed E-state index contributed by atoms with van der Waals surface area (Å²) in [6.45, 7) is 4.95. The quantitative estimate of drug-likeness (QED) is 0.545. The number of hydrogen-bond acceptors (Lipinski definition) is 3. The molecule has 118 valence electrons. The van der Waals surface area contributed by atoms with Crippen molar-refractivity contribution in [2.75, 3.05) is 20.8 Å². The van der Waals surface area contributed by atoms with Crippen LogP contribution in [0.3, 0.4) is 0 Å². The number of carbonyl (C=O) groups excluding carboxylic acids is 1. The van der Waals surface area contributed by atoms with Crippen molar-refractivity contribution in [3.63, 3.8) is 0 Å². The zero-order valence-corrected chi connectivity index (χ0v) is 13.9. The lowest BCUT2D eigenvalue weighted by atomic mass is 10.2. The van der Waals surface area contributed by atoms with Gasteiger partial charge in [-0.15, -0.1) is 11.6 Å². The monoisotopic (exact) mass is 313 g/mol. The normalized spacial score (nSPS) is 11.9. The Morgan fingerprint density at radius 3 is 2.67 bits per heavy atom. The third kappa shape index (κ3) is 5.46. The fourth-order valence-electron chi connectivity index (χ4n) is 1.91. The first-order chi connectivity index (χ1) is 9.99. The highest BCUT2D eigenvalue weighted by Gasteiger charge is 2.15. The molecule has 0 aliphatic carbocycles. The highest BCUT2D eigenvalue weighted by Crippen LogP contribution is 2.28. The predicted octanol–water partition coefficient (Wildman–Crippen LogP) is 3.46. The van der Waals surface area contributed by atoms with E-state index in [1.165, 1.54) is 0 Å². The SMILES string of the molecule is CCCCOc1ccc(CN(C)C(=O)C(C)Cl)cc1OC.